The minimum absolute atomic E-state index is 0.611. The summed E-state index contributed by atoms with van der Waals surface area (Å²) < 4.78 is 5.95. The van der Waals surface area contributed by atoms with Crippen molar-refractivity contribution in [2.24, 2.45) is 0 Å². The van der Waals surface area contributed by atoms with Crippen LogP contribution in [0.25, 0.3) is 89.7 Å². The SMILES string of the molecule is c1ccc(-c2nc(-c3ccccc3)nc(-c3cccc(-c4ccc5nc(-c6cc7c(cn6)oc6ccccc67)cnc5c4)c3)n2)cc1. The second-order valence-electron chi connectivity index (χ2n) is 11.2. The summed E-state index contributed by atoms with van der Waals surface area (Å²) >= 11 is 0. The highest BCUT2D eigenvalue weighted by atomic mass is 16.3. The number of para-hydroxylation sites is 1. The molecule has 0 aliphatic rings. The van der Waals surface area contributed by atoms with Gasteiger partial charge in [-0.1, -0.05) is 103 Å². The van der Waals surface area contributed by atoms with E-state index in [9.17, 15) is 0 Å². The summed E-state index contributed by atoms with van der Waals surface area (Å²) in [5, 5.41) is 2.06. The van der Waals surface area contributed by atoms with Gasteiger partial charge in [0.15, 0.2) is 23.1 Å². The number of fused-ring (bicyclic) bond motifs is 4. The molecule has 0 radical (unpaired) electrons. The molecule has 0 aliphatic heterocycles. The van der Waals surface area contributed by atoms with E-state index < -0.39 is 0 Å². The van der Waals surface area contributed by atoms with Gasteiger partial charge in [0.05, 0.1) is 29.1 Å². The molecular weight excluding hydrogens is 580 g/mol. The molecule has 5 aromatic carbocycles. The van der Waals surface area contributed by atoms with Gasteiger partial charge in [-0.3, -0.25) is 9.97 Å². The largest absolute Gasteiger partial charge is 0.454 e. The maximum Gasteiger partial charge on any atom is 0.164 e. The molecule has 0 atom stereocenters. The minimum Gasteiger partial charge on any atom is -0.454 e. The normalized spacial score (nSPS) is 11.4. The molecule has 7 heteroatoms. The van der Waals surface area contributed by atoms with Crippen molar-refractivity contribution in [2.45, 2.75) is 0 Å². The first-order valence-electron chi connectivity index (χ1n) is 15.3. The number of nitrogens with zero attached hydrogens (tertiary/aromatic N) is 6. The third-order valence-electron chi connectivity index (χ3n) is 8.22. The summed E-state index contributed by atoms with van der Waals surface area (Å²) in [6.07, 6.45) is 3.53. The summed E-state index contributed by atoms with van der Waals surface area (Å²) in [6, 6.07) is 44.4. The number of pyridine rings is 1. The lowest BCUT2D eigenvalue weighted by atomic mass is 10.0. The van der Waals surface area contributed by atoms with Gasteiger partial charge in [0, 0.05) is 27.5 Å². The predicted octanol–water partition coefficient (Wildman–Crippen LogP) is 9.44. The number of benzene rings is 5. The smallest absolute Gasteiger partial charge is 0.164 e. The molecule has 0 N–H and O–H groups in total. The molecule has 7 nitrogen and oxygen atoms in total. The molecule has 0 fully saturated rings. The van der Waals surface area contributed by atoms with Crippen molar-refractivity contribution in [3.05, 3.63) is 146 Å². The van der Waals surface area contributed by atoms with Gasteiger partial charge in [0.2, 0.25) is 0 Å². The lowest BCUT2D eigenvalue weighted by Crippen LogP contribution is -2.00. The molecule has 0 saturated carbocycles. The van der Waals surface area contributed by atoms with Crippen molar-refractivity contribution < 1.29 is 4.42 Å². The van der Waals surface area contributed by atoms with E-state index >= 15 is 0 Å². The van der Waals surface area contributed by atoms with Crippen molar-refractivity contribution in [3.8, 4) is 56.7 Å². The summed E-state index contributed by atoms with van der Waals surface area (Å²) in [7, 11) is 0. The standard InChI is InChI=1S/C40H24N6O/c1-3-10-25(11-4-1)38-44-39(26-12-5-2-6-13-26)46-40(45-38)29-15-9-14-27(20-29)28-18-19-32-33(21-28)41-23-35(43-32)34-22-31-30-16-7-8-17-36(30)47-37(31)24-42-34/h1-24H. The highest BCUT2D eigenvalue weighted by Gasteiger charge is 2.14. The van der Waals surface area contributed by atoms with E-state index in [2.05, 4.69) is 35.3 Å². The first-order chi connectivity index (χ1) is 23.2. The minimum atomic E-state index is 0.611. The first-order valence-corrected chi connectivity index (χ1v) is 15.3. The van der Waals surface area contributed by atoms with Crippen LogP contribution in [0.3, 0.4) is 0 Å². The van der Waals surface area contributed by atoms with Gasteiger partial charge < -0.3 is 4.42 Å². The first kappa shape index (κ1) is 26.8. The fraction of sp³-hybridized carbons (Fsp3) is 0. The fourth-order valence-electron chi connectivity index (χ4n) is 5.86. The van der Waals surface area contributed by atoms with Gasteiger partial charge >= 0.3 is 0 Å². The summed E-state index contributed by atoms with van der Waals surface area (Å²) in [6.45, 7) is 0. The Bertz CT molecular complexity index is 2520. The lowest BCUT2D eigenvalue weighted by Gasteiger charge is -2.10. The average molecular weight is 605 g/mol. The third-order valence-corrected chi connectivity index (χ3v) is 8.22. The number of hydrogen-bond donors (Lipinski definition) is 0. The Morgan fingerprint density at radius 1 is 0.362 bits per heavy atom. The topological polar surface area (TPSA) is 90.5 Å². The Kier molecular flexibility index (Phi) is 6.31. The van der Waals surface area contributed by atoms with Gasteiger partial charge in [-0.15, -0.1) is 0 Å². The summed E-state index contributed by atoms with van der Waals surface area (Å²) in [5.74, 6) is 1.87. The molecule has 9 rings (SSSR count). The molecule has 0 unspecified atom stereocenters. The maximum atomic E-state index is 5.95. The zero-order chi connectivity index (χ0) is 31.2. The zero-order valence-corrected chi connectivity index (χ0v) is 24.9. The van der Waals surface area contributed by atoms with Crippen LogP contribution >= 0.6 is 0 Å². The third kappa shape index (κ3) is 4.96. The summed E-state index contributed by atoms with van der Waals surface area (Å²) in [5.41, 5.74) is 9.44. The molecule has 0 spiro atoms. The molecule has 0 amide bonds. The Hall–Kier alpha value is -6.60. The van der Waals surface area contributed by atoms with Crippen molar-refractivity contribution in [1.29, 1.82) is 0 Å². The van der Waals surface area contributed by atoms with Crippen molar-refractivity contribution in [2.75, 3.05) is 0 Å². The molecule has 220 valence electrons. The molecule has 47 heavy (non-hydrogen) atoms. The fourth-order valence-corrected chi connectivity index (χ4v) is 5.86. The number of aromatic nitrogens is 6. The quantitative estimate of drug-likeness (QED) is 0.193. The van der Waals surface area contributed by atoms with Crippen LogP contribution in [0.2, 0.25) is 0 Å². The van der Waals surface area contributed by atoms with E-state index in [0.29, 0.717) is 23.2 Å². The predicted molar refractivity (Wildman–Crippen MR) is 185 cm³/mol. The second-order valence-corrected chi connectivity index (χ2v) is 11.2. The number of furan rings is 1. The molecular formula is C40H24N6O. The van der Waals surface area contributed by atoms with Gasteiger partial charge in [0.1, 0.15) is 11.3 Å². The molecule has 4 heterocycles. The Balaban J connectivity index is 1.08. The second kappa shape index (κ2) is 11.1. The monoisotopic (exact) mass is 604 g/mol. The van der Waals surface area contributed by atoms with E-state index in [1.807, 2.05) is 103 Å². The van der Waals surface area contributed by atoms with E-state index in [-0.39, 0.29) is 0 Å². The molecule has 9 aromatic rings. The molecule has 0 bridgehead atoms. The van der Waals surface area contributed by atoms with Crippen molar-refractivity contribution >= 4 is 33.0 Å². The van der Waals surface area contributed by atoms with E-state index in [4.69, 9.17) is 29.3 Å². The highest BCUT2D eigenvalue weighted by molar-refractivity contribution is 6.05. The van der Waals surface area contributed by atoms with Crippen LogP contribution in [-0.4, -0.2) is 29.9 Å². The van der Waals surface area contributed by atoms with Crippen LogP contribution in [0.15, 0.2) is 150 Å². The Morgan fingerprint density at radius 2 is 1.00 bits per heavy atom. The average Bonchev–Trinajstić information content (AvgIpc) is 3.53. The lowest BCUT2D eigenvalue weighted by molar-refractivity contribution is 0.667. The van der Waals surface area contributed by atoms with Gasteiger partial charge in [-0.2, -0.15) is 0 Å². The van der Waals surface area contributed by atoms with Crippen molar-refractivity contribution in [3.63, 3.8) is 0 Å². The summed E-state index contributed by atoms with van der Waals surface area (Å²) in [4.78, 5) is 28.9. The van der Waals surface area contributed by atoms with Crippen LogP contribution in [0, 0.1) is 0 Å². The molecule has 0 saturated heterocycles. The van der Waals surface area contributed by atoms with Crippen LogP contribution < -0.4 is 0 Å². The maximum absolute atomic E-state index is 5.95. The van der Waals surface area contributed by atoms with E-state index in [0.717, 1.165) is 66.5 Å². The van der Waals surface area contributed by atoms with Crippen molar-refractivity contribution in [1.82, 2.24) is 29.9 Å². The number of hydrogen-bond acceptors (Lipinski definition) is 7. The van der Waals surface area contributed by atoms with Crippen LogP contribution in [-0.2, 0) is 0 Å². The Morgan fingerprint density at radius 3 is 1.77 bits per heavy atom. The van der Waals surface area contributed by atoms with Gasteiger partial charge in [-0.25, -0.2) is 19.9 Å². The molecule has 4 aromatic heterocycles. The number of rotatable bonds is 5. The van der Waals surface area contributed by atoms with Crippen LogP contribution in [0.4, 0.5) is 0 Å². The van der Waals surface area contributed by atoms with E-state index in [1.54, 1.807) is 12.4 Å². The molecule has 0 aliphatic carbocycles. The zero-order valence-electron chi connectivity index (χ0n) is 24.9. The van der Waals surface area contributed by atoms with E-state index in [1.165, 1.54) is 0 Å². The highest BCUT2D eigenvalue weighted by Crippen LogP contribution is 2.32. The van der Waals surface area contributed by atoms with Crippen LogP contribution in [0.5, 0.6) is 0 Å². The van der Waals surface area contributed by atoms with Gasteiger partial charge in [0.25, 0.3) is 0 Å². The van der Waals surface area contributed by atoms with Crippen LogP contribution in [0.1, 0.15) is 0 Å². The van der Waals surface area contributed by atoms with Gasteiger partial charge in [-0.05, 0) is 41.5 Å². The Labute approximate surface area is 269 Å².